The largest absolute Gasteiger partial charge is 0.435 e. The van der Waals surface area contributed by atoms with Crippen LogP contribution in [0.1, 0.15) is 0 Å². The molecule has 0 radical (unpaired) electrons. The van der Waals surface area contributed by atoms with Crippen LogP contribution in [0.2, 0.25) is 0 Å². The molecule has 0 atom stereocenters. The molecule has 0 saturated carbocycles. The van der Waals surface area contributed by atoms with Gasteiger partial charge in [0.25, 0.3) is 0 Å². The molecule has 2 heterocycles. The van der Waals surface area contributed by atoms with Crippen LogP contribution >= 0.6 is 0 Å². The van der Waals surface area contributed by atoms with Gasteiger partial charge in [-0.3, -0.25) is 4.40 Å². The molecule has 0 spiro atoms. The number of rotatable bonds is 3. The molecule has 7 heteroatoms. The highest BCUT2D eigenvalue weighted by Crippen LogP contribution is 2.28. The molecule has 0 amide bonds. The van der Waals surface area contributed by atoms with E-state index in [4.69, 9.17) is 5.73 Å². The van der Waals surface area contributed by atoms with E-state index in [9.17, 15) is 13.2 Å². The number of anilines is 1. The van der Waals surface area contributed by atoms with Gasteiger partial charge in [-0.25, -0.2) is 9.37 Å². The Labute approximate surface area is 117 Å². The summed E-state index contributed by atoms with van der Waals surface area (Å²) < 4.78 is 43.1. The van der Waals surface area contributed by atoms with E-state index >= 15 is 0 Å². The van der Waals surface area contributed by atoms with Crippen molar-refractivity contribution < 1.29 is 17.9 Å². The smallest absolute Gasteiger partial charge is 0.387 e. The van der Waals surface area contributed by atoms with Gasteiger partial charge in [-0.2, -0.15) is 8.78 Å². The number of nitrogens with zero attached hydrogens (tertiary/aromatic N) is 2. The molecular formula is C14H10F3N3O. The fraction of sp³-hybridized carbons (Fsp3) is 0.0714. The van der Waals surface area contributed by atoms with Gasteiger partial charge in [0.15, 0.2) is 0 Å². The van der Waals surface area contributed by atoms with E-state index in [1.165, 1.54) is 34.9 Å². The fourth-order valence-corrected chi connectivity index (χ4v) is 2.04. The Kier molecular flexibility index (Phi) is 3.17. The van der Waals surface area contributed by atoms with Crippen molar-refractivity contribution >= 4 is 11.5 Å². The molecule has 0 aliphatic carbocycles. The van der Waals surface area contributed by atoms with E-state index in [-0.39, 0.29) is 11.6 Å². The first-order valence-corrected chi connectivity index (χ1v) is 6.03. The third kappa shape index (κ3) is 2.49. The first kappa shape index (κ1) is 13.3. The summed E-state index contributed by atoms with van der Waals surface area (Å²) >= 11 is 0. The molecule has 0 aliphatic heterocycles. The molecule has 1 aromatic carbocycles. The average Bonchev–Trinajstić information content (AvgIpc) is 2.76. The second kappa shape index (κ2) is 5.01. The molecule has 3 aromatic rings. The lowest BCUT2D eigenvalue weighted by atomic mass is 10.1. The lowest BCUT2D eigenvalue weighted by Crippen LogP contribution is -2.01. The van der Waals surface area contributed by atoms with Gasteiger partial charge in [-0.15, -0.1) is 0 Å². The zero-order valence-electron chi connectivity index (χ0n) is 10.6. The number of pyridine rings is 1. The third-order valence-electron chi connectivity index (χ3n) is 2.97. The summed E-state index contributed by atoms with van der Waals surface area (Å²) in [6, 6.07) is 8.70. The maximum atomic E-state index is 13.2. The summed E-state index contributed by atoms with van der Waals surface area (Å²) in [5, 5.41) is 0. The Morgan fingerprint density at radius 1 is 1.10 bits per heavy atom. The Hall–Kier alpha value is -2.70. The summed E-state index contributed by atoms with van der Waals surface area (Å²) in [6.07, 6.45) is 1.23. The van der Waals surface area contributed by atoms with Crippen LogP contribution in [0.3, 0.4) is 0 Å². The quantitative estimate of drug-likeness (QED) is 0.806. The zero-order valence-corrected chi connectivity index (χ0v) is 10.6. The summed E-state index contributed by atoms with van der Waals surface area (Å²) in [6.45, 7) is -2.88. The maximum absolute atomic E-state index is 13.2. The number of nitrogens with two attached hydrogens (primary N) is 1. The predicted octanol–water partition coefficient (Wildman–Crippen LogP) is 3.32. The molecule has 0 saturated heterocycles. The fourth-order valence-electron chi connectivity index (χ4n) is 2.04. The number of imidazole rings is 1. The van der Waals surface area contributed by atoms with Gasteiger partial charge in [0.2, 0.25) is 0 Å². The van der Waals surface area contributed by atoms with Crippen LogP contribution in [0.25, 0.3) is 16.9 Å². The van der Waals surface area contributed by atoms with Crippen molar-refractivity contribution in [1.82, 2.24) is 9.38 Å². The number of hydrogen-bond donors (Lipinski definition) is 1. The Morgan fingerprint density at radius 2 is 1.81 bits per heavy atom. The molecule has 108 valence electrons. The molecule has 3 rings (SSSR count). The SMILES string of the molecule is Nc1c(-c2ccc(OC(F)F)cc2)nc2ccc(F)cn12. The van der Waals surface area contributed by atoms with E-state index in [1.54, 1.807) is 12.1 Å². The van der Waals surface area contributed by atoms with Crippen LogP contribution < -0.4 is 10.5 Å². The molecule has 2 aromatic heterocycles. The highest BCUT2D eigenvalue weighted by atomic mass is 19.3. The minimum absolute atomic E-state index is 0.0436. The standard InChI is InChI=1S/C14H10F3N3O/c15-9-3-6-11-19-12(13(18)20(11)7-9)8-1-4-10(5-2-8)21-14(16)17/h1-7,14H,18H2. The highest BCUT2D eigenvalue weighted by Gasteiger charge is 2.12. The third-order valence-corrected chi connectivity index (χ3v) is 2.97. The topological polar surface area (TPSA) is 52.5 Å². The van der Waals surface area contributed by atoms with Crippen molar-refractivity contribution in [3.63, 3.8) is 0 Å². The van der Waals surface area contributed by atoms with E-state index in [2.05, 4.69) is 9.72 Å². The molecule has 21 heavy (non-hydrogen) atoms. The lowest BCUT2D eigenvalue weighted by molar-refractivity contribution is -0.0498. The average molecular weight is 293 g/mol. The van der Waals surface area contributed by atoms with Gasteiger partial charge in [0, 0.05) is 11.8 Å². The highest BCUT2D eigenvalue weighted by molar-refractivity contribution is 5.75. The van der Waals surface area contributed by atoms with Crippen molar-refractivity contribution in [3.8, 4) is 17.0 Å². The Bertz CT molecular complexity index is 784. The normalized spacial score (nSPS) is 11.2. The monoisotopic (exact) mass is 293 g/mol. The lowest BCUT2D eigenvalue weighted by Gasteiger charge is -2.05. The molecule has 0 bridgehead atoms. The van der Waals surface area contributed by atoms with Crippen LogP contribution in [0.4, 0.5) is 19.0 Å². The Morgan fingerprint density at radius 3 is 2.48 bits per heavy atom. The van der Waals surface area contributed by atoms with E-state index in [1.807, 2.05) is 0 Å². The second-order valence-corrected chi connectivity index (χ2v) is 4.32. The van der Waals surface area contributed by atoms with Gasteiger partial charge < -0.3 is 10.5 Å². The summed E-state index contributed by atoms with van der Waals surface area (Å²) in [4.78, 5) is 4.30. The van der Waals surface area contributed by atoms with Crippen molar-refractivity contribution in [2.45, 2.75) is 6.61 Å². The molecule has 0 aliphatic rings. The number of hydrogen-bond acceptors (Lipinski definition) is 3. The van der Waals surface area contributed by atoms with Crippen molar-refractivity contribution in [2.24, 2.45) is 0 Å². The van der Waals surface area contributed by atoms with E-state index < -0.39 is 12.4 Å². The van der Waals surface area contributed by atoms with Crippen LogP contribution in [0.5, 0.6) is 5.75 Å². The van der Waals surface area contributed by atoms with Gasteiger partial charge in [0.05, 0.1) is 0 Å². The van der Waals surface area contributed by atoms with Crippen LogP contribution in [0, 0.1) is 5.82 Å². The second-order valence-electron chi connectivity index (χ2n) is 4.32. The van der Waals surface area contributed by atoms with Crippen molar-refractivity contribution in [3.05, 3.63) is 48.4 Å². The number of benzene rings is 1. The maximum Gasteiger partial charge on any atom is 0.387 e. The Balaban J connectivity index is 2.02. The van der Waals surface area contributed by atoms with Gasteiger partial charge in [-0.05, 0) is 36.4 Å². The number of ether oxygens (including phenoxy) is 1. The predicted molar refractivity (Wildman–Crippen MR) is 71.6 cm³/mol. The summed E-state index contributed by atoms with van der Waals surface area (Å²) in [5.41, 5.74) is 7.51. The molecule has 2 N–H and O–H groups in total. The molecule has 4 nitrogen and oxygen atoms in total. The van der Waals surface area contributed by atoms with Gasteiger partial charge in [0.1, 0.15) is 28.7 Å². The zero-order chi connectivity index (χ0) is 15.0. The van der Waals surface area contributed by atoms with E-state index in [0.29, 0.717) is 16.9 Å². The number of halogens is 3. The summed E-state index contributed by atoms with van der Waals surface area (Å²) in [5.74, 6) is -0.118. The van der Waals surface area contributed by atoms with Crippen molar-refractivity contribution in [2.75, 3.05) is 5.73 Å². The van der Waals surface area contributed by atoms with Crippen LogP contribution in [0.15, 0.2) is 42.6 Å². The molecular weight excluding hydrogens is 283 g/mol. The van der Waals surface area contributed by atoms with Gasteiger partial charge >= 0.3 is 6.61 Å². The first-order valence-electron chi connectivity index (χ1n) is 6.03. The minimum Gasteiger partial charge on any atom is -0.435 e. The molecule has 0 fully saturated rings. The first-order chi connectivity index (χ1) is 10.0. The van der Waals surface area contributed by atoms with Crippen molar-refractivity contribution in [1.29, 1.82) is 0 Å². The van der Waals surface area contributed by atoms with Crippen LogP contribution in [-0.4, -0.2) is 16.0 Å². The van der Waals surface area contributed by atoms with E-state index in [0.717, 1.165) is 0 Å². The summed E-state index contributed by atoms with van der Waals surface area (Å²) in [7, 11) is 0. The number of aromatic nitrogens is 2. The number of alkyl halides is 2. The van der Waals surface area contributed by atoms with Gasteiger partial charge in [-0.1, -0.05) is 0 Å². The minimum atomic E-state index is -2.88. The molecule has 0 unspecified atom stereocenters. The number of fused-ring (bicyclic) bond motifs is 1. The number of nitrogen functional groups attached to an aromatic ring is 1. The van der Waals surface area contributed by atoms with Crippen LogP contribution in [-0.2, 0) is 0 Å².